The molecule has 0 radical (unpaired) electrons. The Morgan fingerprint density at radius 2 is 1.72 bits per heavy atom. The highest BCUT2D eigenvalue weighted by atomic mass is 32.2. The minimum Gasteiger partial charge on any atom is -0.339 e. The molecule has 0 unspecified atom stereocenters. The maximum absolute atomic E-state index is 12.7. The predicted molar refractivity (Wildman–Crippen MR) is 112 cm³/mol. The topological polar surface area (TPSA) is 86.8 Å². The summed E-state index contributed by atoms with van der Waals surface area (Å²) in [6.07, 6.45) is 5.83. The summed E-state index contributed by atoms with van der Waals surface area (Å²) in [4.78, 5) is 27.1. The Morgan fingerprint density at radius 3 is 2.31 bits per heavy atom. The van der Waals surface area contributed by atoms with Crippen LogP contribution in [-0.2, 0) is 19.6 Å². The predicted octanol–water partition coefficient (Wildman–Crippen LogP) is 2.84. The number of benzene rings is 1. The van der Waals surface area contributed by atoms with Gasteiger partial charge in [-0.25, -0.2) is 8.42 Å². The second-order valence-corrected chi connectivity index (χ2v) is 9.78. The van der Waals surface area contributed by atoms with Gasteiger partial charge in [0.15, 0.2) is 0 Å². The van der Waals surface area contributed by atoms with Crippen LogP contribution in [0.2, 0.25) is 0 Å². The molecule has 0 spiro atoms. The van der Waals surface area contributed by atoms with Crippen LogP contribution in [0.5, 0.6) is 0 Å². The van der Waals surface area contributed by atoms with E-state index in [1.165, 1.54) is 22.9 Å². The Bertz CT molecular complexity index is 828. The van der Waals surface area contributed by atoms with Crippen LogP contribution in [0.3, 0.4) is 0 Å². The molecule has 2 amide bonds. The van der Waals surface area contributed by atoms with Crippen molar-refractivity contribution in [2.24, 2.45) is 5.92 Å². The second kappa shape index (κ2) is 9.26. The first kappa shape index (κ1) is 21.8. The molecule has 2 aliphatic rings. The van der Waals surface area contributed by atoms with Crippen molar-refractivity contribution < 1.29 is 18.0 Å². The van der Waals surface area contributed by atoms with Crippen molar-refractivity contribution in [1.29, 1.82) is 0 Å². The van der Waals surface area contributed by atoms with Crippen LogP contribution in [-0.4, -0.2) is 55.1 Å². The molecule has 1 aliphatic carbocycles. The lowest BCUT2D eigenvalue weighted by atomic mass is 9.94. The zero-order chi connectivity index (χ0) is 21.0. The number of likely N-dealkylation sites (tertiary alicyclic amines) is 1. The van der Waals surface area contributed by atoms with Gasteiger partial charge in [-0.1, -0.05) is 33.1 Å². The molecule has 1 aromatic carbocycles. The molecule has 160 valence electrons. The van der Waals surface area contributed by atoms with Gasteiger partial charge in [-0.15, -0.1) is 0 Å². The van der Waals surface area contributed by atoms with Crippen molar-refractivity contribution in [3.63, 3.8) is 0 Å². The molecular formula is C21H31N3O4S. The van der Waals surface area contributed by atoms with Crippen LogP contribution in [0.25, 0.3) is 0 Å². The minimum atomic E-state index is -3.52. The van der Waals surface area contributed by atoms with E-state index >= 15 is 0 Å². The summed E-state index contributed by atoms with van der Waals surface area (Å²) in [5.74, 6) is -0.475. The lowest BCUT2D eigenvalue weighted by molar-refractivity contribution is -0.130. The third-order valence-corrected chi connectivity index (χ3v) is 8.07. The summed E-state index contributed by atoms with van der Waals surface area (Å²) in [5, 5.41) is 2.84. The maximum atomic E-state index is 12.7. The van der Waals surface area contributed by atoms with Gasteiger partial charge in [0.2, 0.25) is 21.8 Å². The van der Waals surface area contributed by atoms with Gasteiger partial charge < -0.3 is 10.2 Å². The molecule has 8 heteroatoms. The van der Waals surface area contributed by atoms with E-state index in [-0.39, 0.29) is 35.1 Å². The summed E-state index contributed by atoms with van der Waals surface area (Å²) in [7, 11) is -3.52. The zero-order valence-corrected chi connectivity index (χ0v) is 18.1. The van der Waals surface area contributed by atoms with Gasteiger partial charge in [0.05, 0.1) is 10.8 Å². The van der Waals surface area contributed by atoms with Gasteiger partial charge in [-0.3, -0.25) is 9.59 Å². The Balaban J connectivity index is 1.62. The number of amides is 2. The Labute approximate surface area is 173 Å². The van der Waals surface area contributed by atoms with Crippen LogP contribution < -0.4 is 5.32 Å². The van der Waals surface area contributed by atoms with E-state index in [0.717, 1.165) is 25.7 Å². The summed E-state index contributed by atoms with van der Waals surface area (Å²) in [6, 6.07) is 6.50. The molecule has 1 saturated heterocycles. The summed E-state index contributed by atoms with van der Waals surface area (Å²) < 4.78 is 26.5. The van der Waals surface area contributed by atoms with E-state index in [2.05, 4.69) is 5.32 Å². The van der Waals surface area contributed by atoms with Crippen molar-refractivity contribution in [2.75, 3.05) is 25.0 Å². The molecule has 7 nitrogen and oxygen atoms in total. The zero-order valence-electron chi connectivity index (χ0n) is 17.3. The minimum absolute atomic E-state index is 0.0673. The molecule has 1 aliphatic heterocycles. The molecule has 1 aromatic rings. The smallest absolute Gasteiger partial charge is 0.243 e. The molecule has 1 N–H and O–H groups in total. The number of hydrogen-bond acceptors (Lipinski definition) is 4. The van der Waals surface area contributed by atoms with E-state index in [1.54, 1.807) is 26.0 Å². The highest BCUT2D eigenvalue weighted by Gasteiger charge is 2.38. The third-order valence-electron chi connectivity index (χ3n) is 6.01. The monoisotopic (exact) mass is 421 g/mol. The SMILES string of the molecule is CCN(CC)S(=O)(=O)c1ccc(NC(=O)[C@H]2CC(=O)N(C3CCCCC3)C2)cc1. The Kier molecular flexibility index (Phi) is 6.95. The largest absolute Gasteiger partial charge is 0.339 e. The van der Waals surface area contributed by atoms with Crippen molar-refractivity contribution >= 4 is 27.5 Å². The second-order valence-electron chi connectivity index (χ2n) is 7.84. The van der Waals surface area contributed by atoms with E-state index in [0.29, 0.717) is 25.3 Å². The molecule has 1 atom stereocenters. The van der Waals surface area contributed by atoms with Crippen molar-refractivity contribution in [1.82, 2.24) is 9.21 Å². The fourth-order valence-electron chi connectivity index (χ4n) is 4.32. The Hall–Kier alpha value is -1.93. The number of hydrogen-bond donors (Lipinski definition) is 1. The lowest BCUT2D eigenvalue weighted by Crippen LogP contribution is -2.38. The Morgan fingerprint density at radius 1 is 1.10 bits per heavy atom. The number of nitrogens with zero attached hydrogens (tertiary/aromatic N) is 2. The molecule has 2 fully saturated rings. The summed E-state index contributed by atoms with van der Waals surface area (Å²) >= 11 is 0. The van der Waals surface area contributed by atoms with Gasteiger partial charge in [0.25, 0.3) is 0 Å². The van der Waals surface area contributed by atoms with Gasteiger partial charge in [0.1, 0.15) is 0 Å². The van der Waals surface area contributed by atoms with Crippen LogP contribution in [0.4, 0.5) is 5.69 Å². The average Bonchev–Trinajstić information content (AvgIpc) is 3.11. The fourth-order valence-corrected chi connectivity index (χ4v) is 5.78. The number of anilines is 1. The van der Waals surface area contributed by atoms with E-state index in [4.69, 9.17) is 0 Å². The number of carbonyl (C=O) groups excluding carboxylic acids is 2. The fraction of sp³-hybridized carbons (Fsp3) is 0.619. The quantitative estimate of drug-likeness (QED) is 0.733. The average molecular weight is 422 g/mol. The van der Waals surface area contributed by atoms with E-state index in [1.807, 2.05) is 4.90 Å². The first-order chi connectivity index (χ1) is 13.9. The molecular weight excluding hydrogens is 390 g/mol. The highest BCUT2D eigenvalue weighted by Crippen LogP contribution is 2.29. The van der Waals surface area contributed by atoms with Crippen molar-refractivity contribution in [3.8, 4) is 0 Å². The van der Waals surface area contributed by atoms with Gasteiger partial charge in [-0.2, -0.15) is 4.31 Å². The normalized spacial score (nSPS) is 21.0. The molecule has 0 aromatic heterocycles. The first-order valence-corrected chi connectivity index (χ1v) is 12.0. The summed E-state index contributed by atoms with van der Waals surface area (Å²) in [6.45, 7) is 4.89. The van der Waals surface area contributed by atoms with Crippen molar-refractivity contribution in [3.05, 3.63) is 24.3 Å². The first-order valence-electron chi connectivity index (χ1n) is 10.6. The van der Waals surface area contributed by atoms with Gasteiger partial charge in [-0.05, 0) is 37.1 Å². The summed E-state index contributed by atoms with van der Waals surface area (Å²) in [5.41, 5.74) is 0.539. The third kappa shape index (κ3) is 4.80. The number of sulfonamides is 1. The van der Waals surface area contributed by atoms with E-state index in [9.17, 15) is 18.0 Å². The maximum Gasteiger partial charge on any atom is 0.243 e. The van der Waals surface area contributed by atoms with Crippen LogP contribution in [0, 0.1) is 5.92 Å². The number of rotatable bonds is 7. The molecule has 0 bridgehead atoms. The van der Waals surface area contributed by atoms with Gasteiger partial charge >= 0.3 is 0 Å². The molecule has 3 rings (SSSR count). The van der Waals surface area contributed by atoms with Gasteiger partial charge in [0, 0.05) is 37.8 Å². The lowest BCUT2D eigenvalue weighted by Gasteiger charge is -2.31. The molecule has 29 heavy (non-hydrogen) atoms. The standard InChI is InChI=1S/C21H31N3O4S/c1-3-23(4-2)29(27,28)19-12-10-17(11-13-19)22-21(26)16-14-20(25)24(15-16)18-8-6-5-7-9-18/h10-13,16,18H,3-9,14-15H2,1-2H3,(H,22,26)/t16-/m0/s1. The molecule has 1 heterocycles. The van der Waals surface area contributed by atoms with Crippen LogP contribution in [0.1, 0.15) is 52.4 Å². The van der Waals surface area contributed by atoms with Crippen LogP contribution in [0.15, 0.2) is 29.2 Å². The van der Waals surface area contributed by atoms with E-state index < -0.39 is 10.0 Å². The number of nitrogens with one attached hydrogen (secondary N) is 1. The van der Waals surface area contributed by atoms with Crippen LogP contribution >= 0.6 is 0 Å². The molecule has 1 saturated carbocycles. The number of carbonyl (C=O) groups is 2. The highest BCUT2D eigenvalue weighted by molar-refractivity contribution is 7.89. The van der Waals surface area contributed by atoms with Crippen molar-refractivity contribution in [2.45, 2.75) is 63.3 Å².